The number of nitrogens with one attached hydrogen (secondary N) is 4. The topological polar surface area (TPSA) is 443 Å². The molecule has 90 heavy (non-hydrogen) atoms. The van der Waals surface area contributed by atoms with E-state index in [2.05, 4.69) is 51.2 Å². The number of likely N-dealkylation sites (N-methyl/N-ethyl adjacent to an activating group) is 1. The van der Waals surface area contributed by atoms with E-state index >= 15 is 8.78 Å². The van der Waals surface area contributed by atoms with Gasteiger partial charge in [-0.1, -0.05) is 26.0 Å². The van der Waals surface area contributed by atoms with E-state index in [1.807, 2.05) is 0 Å². The van der Waals surface area contributed by atoms with Crippen LogP contribution in [0.1, 0.15) is 70.9 Å². The van der Waals surface area contributed by atoms with Crippen LogP contribution in [0.25, 0.3) is 22.3 Å². The number of carbonyl (C=O) groups is 7. The average molecular weight is 1340 g/mol. The van der Waals surface area contributed by atoms with Crippen molar-refractivity contribution in [3.8, 4) is 0 Å². The number of ketones is 2. The normalized spacial score (nSPS) is 25.0. The van der Waals surface area contributed by atoms with Crippen molar-refractivity contribution in [3.05, 3.63) is 55.1 Å². The predicted molar refractivity (Wildman–Crippen MR) is 314 cm³/mol. The van der Waals surface area contributed by atoms with E-state index in [0.29, 0.717) is 17.7 Å². The van der Waals surface area contributed by atoms with Gasteiger partial charge in [0.25, 0.3) is 0 Å². The lowest BCUT2D eigenvalue weighted by atomic mass is 9.89. The van der Waals surface area contributed by atoms with Gasteiger partial charge < -0.3 is 70.3 Å². The fourth-order valence-electron chi connectivity index (χ4n) is 9.28. The number of anilines is 3. The summed E-state index contributed by atoms with van der Waals surface area (Å²) in [7, 11) is 1.39. The summed E-state index contributed by atoms with van der Waals surface area (Å²) in [6, 6.07) is 4.66. The number of Topliss-reactive ketones (excluding diaryl/α,β-unsaturated/α-hetero) is 2. The Labute approximate surface area is 520 Å². The first kappa shape index (κ1) is 68.9. The number of nitrogens with two attached hydrogens (primary N) is 2. The van der Waals surface area contributed by atoms with Gasteiger partial charge in [-0.05, 0) is 67.0 Å². The number of hydrogen-bond acceptors (Lipinski definition) is 26. The molecule has 0 bridgehead atoms. The third kappa shape index (κ3) is 18.1. The van der Waals surface area contributed by atoms with Gasteiger partial charge in [-0.15, -0.1) is 4.67 Å². The third-order valence-electron chi connectivity index (χ3n) is 13.9. The maximum atomic E-state index is 16.6. The molecular weight excluding hydrogens is 1280 g/mol. The lowest BCUT2D eigenvalue weighted by Gasteiger charge is -2.29. The molecule has 10 N–H and O–H groups in total. The molecule has 34 nitrogen and oxygen atoms in total. The first-order chi connectivity index (χ1) is 42.8. The van der Waals surface area contributed by atoms with Crippen LogP contribution in [0.5, 0.6) is 0 Å². The number of primary amides is 1. The van der Waals surface area contributed by atoms with Gasteiger partial charge in [0.05, 0.1) is 45.1 Å². The molecule has 6 amide bonds. The minimum atomic E-state index is -4.63. The SMILES string of the molecule is CC(=O)CCOCCC(=O)N[C@H](C(=O)C[C@@H](CCCNC(N)=O)C(=O)Nc1ccc(COC(=O)N(C)CCOC(=O)Nc2ncnc3c2ncn3[C@@H]2O[C@@H]3OOP(O)(=S)O[C@H]4[C@@H](F)[C@H](n5cnc6c(N)ncnc65)O[C@@H]4COP(O)(=S)O[C@H]3[C@H]2F)cc1)C(C)C. The predicted octanol–water partition coefficient (Wildman–Crippen LogP) is 3.17. The van der Waals surface area contributed by atoms with E-state index in [4.69, 9.17) is 81.9 Å². The number of alkyl halides is 2. The zero-order chi connectivity index (χ0) is 65.0. The van der Waals surface area contributed by atoms with Crippen molar-refractivity contribution < 1.29 is 98.9 Å². The van der Waals surface area contributed by atoms with Crippen LogP contribution >= 0.6 is 13.4 Å². The molecule has 3 aliphatic heterocycles. The summed E-state index contributed by atoms with van der Waals surface area (Å²) >= 11 is 10.3. The highest BCUT2D eigenvalue weighted by atomic mass is 32.5. The number of imidazole rings is 2. The van der Waals surface area contributed by atoms with Crippen LogP contribution in [0.15, 0.2) is 49.6 Å². The number of ether oxygens (including phenoxy) is 5. The summed E-state index contributed by atoms with van der Waals surface area (Å²) in [5.74, 6) is -2.75. The maximum Gasteiger partial charge on any atom is 0.412 e. The summed E-state index contributed by atoms with van der Waals surface area (Å²) in [6.45, 7) is -5.25. The monoisotopic (exact) mass is 1340 g/mol. The Morgan fingerprint density at radius 1 is 0.844 bits per heavy atom. The van der Waals surface area contributed by atoms with Crippen molar-refractivity contribution in [1.82, 2.24) is 54.6 Å². The summed E-state index contributed by atoms with van der Waals surface area (Å²) < 4.78 is 84.4. The molecule has 0 saturated carbocycles. The third-order valence-corrected chi connectivity index (χ3v) is 16.6. The molecule has 1 aromatic carbocycles. The number of nitrogen functional groups attached to an aromatic ring is 1. The van der Waals surface area contributed by atoms with Crippen molar-refractivity contribution in [2.24, 2.45) is 17.6 Å². The number of fused-ring (bicyclic) bond motifs is 4. The van der Waals surface area contributed by atoms with Gasteiger partial charge in [0.2, 0.25) is 18.1 Å². The maximum absolute atomic E-state index is 16.6. The Bertz CT molecular complexity index is 3510. The number of hydrogen-bond donors (Lipinski definition) is 8. The van der Waals surface area contributed by atoms with Crippen molar-refractivity contribution in [1.29, 1.82) is 0 Å². The van der Waals surface area contributed by atoms with Crippen molar-refractivity contribution >= 4 is 118 Å². The summed E-state index contributed by atoms with van der Waals surface area (Å²) in [4.78, 5) is 141. The van der Waals surface area contributed by atoms with Gasteiger partial charge in [0.1, 0.15) is 49.4 Å². The minimum Gasteiger partial charge on any atom is -0.447 e. The van der Waals surface area contributed by atoms with Crippen LogP contribution in [0, 0.1) is 11.8 Å². The second-order valence-corrected chi connectivity index (χ2v) is 26.3. The smallest absolute Gasteiger partial charge is 0.412 e. The first-order valence-corrected chi connectivity index (χ1v) is 32.8. The van der Waals surface area contributed by atoms with Crippen molar-refractivity contribution in [3.63, 3.8) is 0 Å². The van der Waals surface area contributed by atoms with Crippen LogP contribution in [0.2, 0.25) is 0 Å². The number of carbonyl (C=O) groups excluding carboxylic acids is 7. The van der Waals surface area contributed by atoms with Gasteiger partial charge in [0.15, 0.2) is 65.1 Å². The number of benzene rings is 1. The Morgan fingerprint density at radius 2 is 1.50 bits per heavy atom. The van der Waals surface area contributed by atoms with Crippen LogP contribution in [0.3, 0.4) is 0 Å². The highest BCUT2D eigenvalue weighted by Gasteiger charge is 2.55. The largest absolute Gasteiger partial charge is 0.447 e. The van der Waals surface area contributed by atoms with E-state index in [1.165, 1.54) is 24.9 Å². The molecule has 0 radical (unpaired) electrons. The molecule has 0 spiro atoms. The van der Waals surface area contributed by atoms with Crippen LogP contribution in [-0.4, -0.2) is 185 Å². The lowest BCUT2D eigenvalue weighted by Crippen LogP contribution is -2.45. The Kier molecular flexibility index (Phi) is 23.6. The molecule has 12 atom stereocenters. The molecule has 5 aromatic rings. The molecule has 3 saturated heterocycles. The fourth-order valence-corrected chi connectivity index (χ4v) is 11.9. The number of aromatic nitrogens is 8. The minimum absolute atomic E-state index is 0.00151. The molecule has 40 heteroatoms. The molecule has 3 aliphatic rings. The number of rotatable bonds is 25. The molecular formula is C50H65F2N15O19P2S2. The number of amides is 6. The van der Waals surface area contributed by atoms with Gasteiger partial charge >= 0.3 is 31.7 Å². The highest BCUT2D eigenvalue weighted by molar-refractivity contribution is 8.07. The lowest BCUT2D eigenvalue weighted by molar-refractivity contribution is -0.336. The van der Waals surface area contributed by atoms with E-state index in [0.717, 1.165) is 28.4 Å². The second-order valence-electron chi connectivity index (χ2n) is 20.8. The van der Waals surface area contributed by atoms with Crippen molar-refractivity contribution in [2.45, 2.75) is 115 Å². The molecule has 490 valence electrons. The van der Waals surface area contributed by atoms with Crippen LogP contribution in [0.4, 0.5) is 40.5 Å². The summed E-state index contributed by atoms with van der Waals surface area (Å²) in [5, 5.41) is 10.4. The quantitative estimate of drug-likeness (QED) is 0.0236. The number of nitrogens with zero attached hydrogens (tertiary/aromatic N) is 9. The molecule has 8 rings (SSSR count). The van der Waals surface area contributed by atoms with Gasteiger partial charge in [0, 0.05) is 44.5 Å². The Hall–Kier alpha value is -7.03. The van der Waals surface area contributed by atoms with Crippen LogP contribution in [-0.2, 0) is 96.2 Å². The Morgan fingerprint density at radius 3 is 2.20 bits per heavy atom. The van der Waals surface area contributed by atoms with E-state index in [1.54, 1.807) is 38.1 Å². The highest BCUT2D eigenvalue weighted by Crippen LogP contribution is 2.55. The second kappa shape index (κ2) is 30.9. The number of halogens is 2. The Balaban J connectivity index is 0.801. The summed E-state index contributed by atoms with van der Waals surface area (Å²) in [5.41, 5.74) is 12.0. The average Bonchev–Trinajstić information content (AvgIpc) is 1.65. The molecule has 3 fully saturated rings. The zero-order valence-corrected chi connectivity index (χ0v) is 51.9. The van der Waals surface area contributed by atoms with Gasteiger partial charge in [-0.25, -0.2) is 53.1 Å². The molecule has 4 aromatic heterocycles. The fraction of sp³-hybridized carbons (Fsp3) is 0.540. The molecule has 2 unspecified atom stereocenters. The molecule has 0 aliphatic carbocycles. The van der Waals surface area contributed by atoms with Gasteiger partial charge in [-0.3, -0.25) is 42.7 Å². The van der Waals surface area contributed by atoms with E-state index in [-0.39, 0.29) is 117 Å². The molecule has 7 heterocycles. The standard InChI is InChI=1S/C50H65F2N15O19P2S2/c1-25(2)35(63-32(70)12-16-77-15-11-26(3)68)30(69)18-28(6-5-13-55-48(54)72)44(71)62-29-9-7-27(8-10-29)19-79-50(74)65(4)14-17-78-49(73)64-41-37-43(59-22-57-41)67(24-61-37)46-34(52)39-47(82-46)83-86-88(76,90)84-38-31(20-80-87(75,89)85-39)81-45(33(38)51)66-23-60-36-40(53)56-21-58-42(36)66/h7-10,21-25,28,31,33-35,38-39,45-47H,5-6,11-20H2,1-4H3,(H,62,71)(H,63,70)(H,75,89)(H,76,90)(H2,53,56,58)(H3,54,55,72)(H,57,59,64,73)/t28-,31-,33-,34-,35+,38-,39+,45-,46-,47-,87?,88?/m1/s1. The van der Waals surface area contributed by atoms with E-state index < -0.39 is 111 Å². The first-order valence-electron chi connectivity index (χ1n) is 27.6. The van der Waals surface area contributed by atoms with E-state index in [9.17, 15) is 43.3 Å². The summed E-state index contributed by atoms with van der Waals surface area (Å²) in [6.07, 6.45) is -11.9. The van der Waals surface area contributed by atoms with Crippen molar-refractivity contribution in [2.75, 3.05) is 62.9 Å². The number of urea groups is 1. The van der Waals surface area contributed by atoms with Crippen LogP contribution < -0.4 is 32.7 Å². The van der Waals surface area contributed by atoms with Gasteiger partial charge in [-0.2, -0.15) is 4.89 Å². The zero-order valence-electron chi connectivity index (χ0n) is 48.4.